The molecule has 0 saturated heterocycles. The van der Waals surface area contributed by atoms with Crippen LogP contribution >= 0.6 is 0 Å². The molecule has 14 heavy (non-hydrogen) atoms. The first-order valence-electron chi connectivity index (χ1n) is 4.04. The summed E-state index contributed by atoms with van der Waals surface area (Å²) in [5, 5.41) is 8.76. The van der Waals surface area contributed by atoms with Gasteiger partial charge in [0, 0.05) is 18.4 Å². The number of hydrogen-bond donors (Lipinski definition) is 1. The molecule has 0 atom stereocenters. The van der Waals surface area contributed by atoms with Gasteiger partial charge in [-0.25, -0.2) is 4.79 Å². The lowest BCUT2D eigenvalue weighted by Crippen LogP contribution is -2.22. The van der Waals surface area contributed by atoms with Crippen LogP contribution in [0.3, 0.4) is 0 Å². The van der Waals surface area contributed by atoms with Gasteiger partial charge in [-0.15, -0.1) is 0 Å². The maximum absolute atomic E-state index is 10.7. The number of carboxylic acid groups (broad SMARTS) is 1. The van der Waals surface area contributed by atoms with Gasteiger partial charge in [0.15, 0.2) is 0 Å². The van der Waals surface area contributed by atoms with Crippen molar-refractivity contribution in [2.45, 2.75) is 0 Å². The minimum Gasteiger partial charge on any atom is -0.478 e. The fraction of sp³-hybridized carbons (Fsp3) is 0.100. The highest BCUT2D eigenvalue weighted by atomic mass is 16.4. The van der Waals surface area contributed by atoms with E-state index in [4.69, 9.17) is 5.11 Å². The second-order valence-corrected chi connectivity index (χ2v) is 2.89. The Kier molecular flexibility index (Phi) is 2.89. The molecule has 0 aliphatic carbocycles. The van der Waals surface area contributed by atoms with Crippen LogP contribution in [0.2, 0.25) is 0 Å². The average Bonchev–Trinajstić information content (AvgIpc) is 2.17. The van der Waals surface area contributed by atoms with Gasteiger partial charge in [0.25, 0.3) is 0 Å². The molecule has 0 saturated carbocycles. The van der Waals surface area contributed by atoms with Gasteiger partial charge in [0.1, 0.15) is 0 Å². The predicted octanol–water partition coefficient (Wildman–Crippen LogP) is 0.456. The summed E-state index contributed by atoms with van der Waals surface area (Å²) in [6, 6.07) is 0. The van der Waals surface area contributed by atoms with Crippen LogP contribution in [0.4, 0.5) is 0 Å². The van der Waals surface area contributed by atoms with Crippen molar-refractivity contribution >= 4 is 5.97 Å². The van der Waals surface area contributed by atoms with Gasteiger partial charge in [0.05, 0.1) is 5.57 Å². The highest BCUT2D eigenvalue weighted by Crippen LogP contribution is 2.19. The van der Waals surface area contributed by atoms with Crippen LogP contribution in [0.25, 0.3) is 0 Å². The fourth-order valence-electron chi connectivity index (χ4n) is 1.35. The van der Waals surface area contributed by atoms with Gasteiger partial charge in [-0.2, -0.15) is 0 Å². The van der Waals surface area contributed by atoms with E-state index in [1.165, 1.54) is 0 Å². The number of rotatable bonds is 1. The molecule has 0 aromatic rings. The topological polar surface area (TPSA) is 72.0 Å². The normalized spacial score (nSPS) is 17.9. The zero-order valence-electron chi connectivity index (χ0n) is 7.47. The summed E-state index contributed by atoms with van der Waals surface area (Å²) < 4.78 is 0. The maximum Gasteiger partial charge on any atom is 0.335 e. The number of carboxylic acids is 1. The predicted molar refractivity (Wildman–Crippen MR) is 52.4 cm³/mol. The smallest absolute Gasteiger partial charge is 0.335 e. The van der Waals surface area contributed by atoms with Crippen molar-refractivity contribution in [2.24, 2.45) is 0 Å². The zero-order valence-corrected chi connectivity index (χ0v) is 7.47. The van der Waals surface area contributed by atoms with Crippen molar-refractivity contribution in [2.75, 3.05) is 6.54 Å². The van der Waals surface area contributed by atoms with E-state index in [0.717, 1.165) is 5.70 Å². The van der Waals surface area contributed by atoms with Gasteiger partial charge in [-0.3, -0.25) is 0 Å². The van der Waals surface area contributed by atoms with Crippen molar-refractivity contribution < 1.29 is 15.4 Å². The summed E-state index contributed by atoms with van der Waals surface area (Å²) in [6.45, 7) is 0.633. The van der Waals surface area contributed by atoms with Crippen LogP contribution in [-0.2, 0) is 4.79 Å². The Balaban J connectivity index is 0.000000980. The van der Waals surface area contributed by atoms with Gasteiger partial charge < -0.3 is 15.5 Å². The molecule has 2 heterocycles. The molecule has 0 spiro atoms. The number of allylic oxidation sites excluding steroid dienone is 3. The third-order valence-corrected chi connectivity index (χ3v) is 2.03. The Morgan fingerprint density at radius 3 is 2.93 bits per heavy atom. The number of nitrogens with zero attached hydrogens (tertiary/aromatic N) is 1. The largest absolute Gasteiger partial charge is 0.478 e. The molecule has 0 radical (unpaired) electrons. The number of fused-ring (bicyclic) bond motifs is 1. The quantitative estimate of drug-likeness (QED) is 0.657. The Labute approximate surface area is 81.4 Å². The molecule has 3 N–H and O–H groups in total. The summed E-state index contributed by atoms with van der Waals surface area (Å²) >= 11 is 0. The van der Waals surface area contributed by atoms with Crippen molar-refractivity contribution in [1.29, 1.82) is 0 Å². The van der Waals surface area contributed by atoms with Gasteiger partial charge in [0.2, 0.25) is 0 Å². The van der Waals surface area contributed by atoms with E-state index in [1.54, 1.807) is 12.2 Å². The second kappa shape index (κ2) is 3.93. The van der Waals surface area contributed by atoms with Crippen molar-refractivity contribution in [1.82, 2.24) is 4.90 Å². The van der Waals surface area contributed by atoms with Crippen molar-refractivity contribution in [3.63, 3.8) is 0 Å². The Morgan fingerprint density at radius 2 is 2.21 bits per heavy atom. The standard InChI is InChI=1S/C10H9NO2.H2O/c12-10(13)8-4-6-11-5-2-1-3-9(11)7-8;/h1-5,7H,6H2,(H,12,13);1H2. The third-order valence-electron chi connectivity index (χ3n) is 2.03. The lowest BCUT2D eigenvalue weighted by atomic mass is 10.1. The van der Waals surface area contributed by atoms with E-state index in [-0.39, 0.29) is 5.48 Å². The van der Waals surface area contributed by atoms with Crippen LogP contribution < -0.4 is 0 Å². The van der Waals surface area contributed by atoms with Gasteiger partial charge in [-0.1, -0.05) is 12.2 Å². The lowest BCUT2D eigenvalue weighted by Gasteiger charge is -2.25. The van der Waals surface area contributed by atoms with Crippen LogP contribution in [-0.4, -0.2) is 28.0 Å². The fourth-order valence-corrected chi connectivity index (χ4v) is 1.35. The summed E-state index contributed by atoms with van der Waals surface area (Å²) in [5.41, 5.74) is 1.30. The molecule has 2 rings (SSSR count). The summed E-state index contributed by atoms with van der Waals surface area (Å²) in [4.78, 5) is 12.6. The molecule has 0 bridgehead atoms. The molecule has 2 aliphatic heterocycles. The highest BCUT2D eigenvalue weighted by Gasteiger charge is 2.14. The van der Waals surface area contributed by atoms with E-state index in [9.17, 15) is 4.79 Å². The number of hydrogen-bond acceptors (Lipinski definition) is 2. The second-order valence-electron chi connectivity index (χ2n) is 2.89. The lowest BCUT2D eigenvalue weighted by molar-refractivity contribution is -0.132. The first-order valence-corrected chi connectivity index (χ1v) is 4.04. The van der Waals surface area contributed by atoms with Gasteiger partial charge in [-0.05, 0) is 18.2 Å². The molecule has 4 heteroatoms. The molecule has 0 amide bonds. The van der Waals surface area contributed by atoms with E-state index in [1.807, 2.05) is 29.3 Å². The molecule has 0 aromatic carbocycles. The Morgan fingerprint density at radius 1 is 1.43 bits per heavy atom. The Hall–Kier alpha value is -1.81. The SMILES string of the molecule is O.O=C(O)C1=CCN2C=CC=CC2=C1. The molecular formula is C10H11NO3. The maximum atomic E-state index is 10.7. The van der Waals surface area contributed by atoms with E-state index in [0.29, 0.717) is 12.1 Å². The van der Waals surface area contributed by atoms with E-state index < -0.39 is 5.97 Å². The molecule has 74 valence electrons. The van der Waals surface area contributed by atoms with Gasteiger partial charge >= 0.3 is 5.97 Å². The summed E-state index contributed by atoms with van der Waals surface area (Å²) in [5.74, 6) is -0.866. The third kappa shape index (κ3) is 1.75. The van der Waals surface area contributed by atoms with Crippen LogP contribution in [0.15, 0.2) is 47.9 Å². The zero-order chi connectivity index (χ0) is 9.26. The minimum absolute atomic E-state index is 0. The summed E-state index contributed by atoms with van der Waals surface area (Å²) in [6.07, 6.45) is 11.0. The van der Waals surface area contributed by atoms with Crippen LogP contribution in [0.5, 0.6) is 0 Å². The summed E-state index contributed by atoms with van der Waals surface area (Å²) in [7, 11) is 0. The molecule has 4 nitrogen and oxygen atoms in total. The van der Waals surface area contributed by atoms with Crippen molar-refractivity contribution in [3.05, 3.63) is 47.9 Å². The first kappa shape index (κ1) is 10.3. The molecular weight excluding hydrogens is 182 g/mol. The van der Waals surface area contributed by atoms with Crippen LogP contribution in [0, 0.1) is 0 Å². The highest BCUT2D eigenvalue weighted by molar-refractivity contribution is 5.90. The molecule has 0 fully saturated rings. The Bertz CT molecular complexity index is 364. The average molecular weight is 193 g/mol. The molecule has 2 aliphatic rings. The molecule has 0 aromatic heterocycles. The number of aliphatic carboxylic acids is 1. The molecule has 0 unspecified atom stereocenters. The number of carbonyl (C=O) groups is 1. The van der Waals surface area contributed by atoms with Crippen molar-refractivity contribution in [3.8, 4) is 0 Å². The monoisotopic (exact) mass is 193 g/mol. The van der Waals surface area contributed by atoms with E-state index >= 15 is 0 Å². The minimum atomic E-state index is -0.866. The first-order chi connectivity index (χ1) is 6.27. The van der Waals surface area contributed by atoms with Crippen LogP contribution in [0.1, 0.15) is 0 Å². The van der Waals surface area contributed by atoms with E-state index in [2.05, 4.69) is 0 Å².